The number of nitrogens with two attached hydrogens (primary N) is 1. The highest BCUT2D eigenvalue weighted by Gasteiger charge is 2.22. The Morgan fingerprint density at radius 2 is 2.31 bits per heavy atom. The molecule has 1 aliphatic rings. The molecule has 3 heterocycles. The standard InChI is InChI=1S/C19H25ClN4OS/c1-12-7-15(8-18(20)23-12)16(21)9-19(25)22-10-13(2)24-5-3-17-14(11-24)4-6-26-17/h4,6-8,13,16H,3,5,9-11,21H2,1-2H3,(H,22,25). The number of halogens is 1. The largest absolute Gasteiger partial charge is 0.354 e. The normalized spacial score (nSPS) is 16.8. The predicted octanol–water partition coefficient (Wildman–Crippen LogP) is 3.06. The van der Waals surface area contributed by atoms with Crippen LogP contribution in [-0.4, -0.2) is 34.9 Å². The monoisotopic (exact) mass is 392 g/mol. The second-order valence-electron chi connectivity index (χ2n) is 6.92. The smallest absolute Gasteiger partial charge is 0.221 e. The SMILES string of the molecule is Cc1cc(C(N)CC(=O)NCC(C)N2CCc3sccc3C2)cc(Cl)n1. The van der Waals surface area contributed by atoms with Crippen LogP contribution in [0.5, 0.6) is 0 Å². The van der Waals surface area contributed by atoms with Crippen LogP contribution in [0.1, 0.15) is 41.1 Å². The van der Waals surface area contributed by atoms with E-state index in [1.807, 2.05) is 24.3 Å². The molecule has 0 fully saturated rings. The lowest BCUT2D eigenvalue weighted by Gasteiger charge is -2.32. The second-order valence-corrected chi connectivity index (χ2v) is 8.31. The van der Waals surface area contributed by atoms with Crippen LogP contribution >= 0.6 is 22.9 Å². The number of amides is 1. The molecule has 5 nitrogen and oxygen atoms in total. The molecule has 0 spiro atoms. The van der Waals surface area contributed by atoms with Crippen LogP contribution < -0.4 is 11.1 Å². The molecular weight excluding hydrogens is 368 g/mol. The lowest BCUT2D eigenvalue weighted by molar-refractivity contribution is -0.121. The average Bonchev–Trinajstić information content (AvgIpc) is 3.06. The highest BCUT2D eigenvalue weighted by Crippen LogP contribution is 2.25. The van der Waals surface area contributed by atoms with E-state index in [9.17, 15) is 4.79 Å². The lowest BCUT2D eigenvalue weighted by atomic mass is 10.0. The number of aryl methyl sites for hydroxylation is 1. The number of carbonyl (C=O) groups excluding carboxylic acids is 1. The van der Waals surface area contributed by atoms with Crippen LogP contribution in [0.3, 0.4) is 0 Å². The first-order valence-corrected chi connectivity index (χ1v) is 10.1. The molecule has 2 aromatic rings. The molecular formula is C19H25ClN4OS. The number of fused-ring (bicyclic) bond motifs is 1. The molecule has 0 aliphatic carbocycles. The molecule has 1 amide bonds. The molecule has 2 atom stereocenters. The first-order chi connectivity index (χ1) is 12.4. The highest BCUT2D eigenvalue weighted by atomic mass is 35.5. The van der Waals surface area contributed by atoms with E-state index in [2.05, 4.69) is 33.6 Å². The van der Waals surface area contributed by atoms with Gasteiger partial charge in [-0.05, 0) is 55.0 Å². The van der Waals surface area contributed by atoms with Crippen molar-refractivity contribution >= 4 is 28.8 Å². The summed E-state index contributed by atoms with van der Waals surface area (Å²) in [6, 6.07) is 5.71. The van der Waals surface area contributed by atoms with E-state index in [4.69, 9.17) is 17.3 Å². The predicted molar refractivity (Wildman–Crippen MR) is 106 cm³/mol. The third-order valence-electron chi connectivity index (χ3n) is 4.83. The summed E-state index contributed by atoms with van der Waals surface area (Å²) in [7, 11) is 0. The molecule has 0 saturated heterocycles. The molecule has 0 aromatic carbocycles. The molecule has 1 aliphatic heterocycles. The van der Waals surface area contributed by atoms with Gasteiger partial charge in [0.2, 0.25) is 5.91 Å². The molecule has 0 saturated carbocycles. The Balaban J connectivity index is 1.48. The summed E-state index contributed by atoms with van der Waals surface area (Å²) in [5.41, 5.74) is 9.23. The Morgan fingerprint density at radius 3 is 3.08 bits per heavy atom. The minimum Gasteiger partial charge on any atom is -0.354 e. The summed E-state index contributed by atoms with van der Waals surface area (Å²) in [6.07, 6.45) is 1.33. The minimum atomic E-state index is -0.382. The molecule has 3 rings (SSSR count). The van der Waals surface area contributed by atoms with Crippen molar-refractivity contribution in [2.45, 2.75) is 45.3 Å². The van der Waals surface area contributed by atoms with Gasteiger partial charge in [0.05, 0.1) is 0 Å². The van der Waals surface area contributed by atoms with E-state index in [-0.39, 0.29) is 18.4 Å². The Kier molecular flexibility index (Phi) is 6.29. The molecule has 26 heavy (non-hydrogen) atoms. The zero-order chi connectivity index (χ0) is 18.7. The molecule has 0 radical (unpaired) electrons. The Morgan fingerprint density at radius 1 is 1.50 bits per heavy atom. The number of thiophene rings is 1. The van der Waals surface area contributed by atoms with Crippen molar-refractivity contribution in [1.82, 2.24) is 15.2 Å². The summed E-state index contributed by atoms with van der Waals surface area (Å²) >= 11 is 7.82. The fraction of sp³-hybridized carbons (Fsp3) is 0.474. The van der Waals surface area contributed by atoms with Gasteiger partial charge in [-0.25, -0.2) is 4.98 Å². The lowest BCUT2D eigenvalue weighted by Crippen LogP contribution is -2.44. The fourth-order valence-corrected chi connectivity index (χ4v) is 4.44. The number of nitrogens with one attached hydrogen (secondary N) is 1. The molecule has 2 aromatic heterocycles. The van der Waals surface area contributed by atoms with Gasteiger partial charge in [0.1, 0.15) is 5.15 Å². The zero-order valence-electron chi connectivity index (χ0n) is 15.2. The van der Waals surface area contributed by atoms with Crippen molar-refractivity contribution in [2.24, 2.45) is 5.73 Å². The van der Waals surface area contributed by atoms with Crippen molar-refractivity contribution in [3.63, 3.8) is 0 Å². The quantitative estimate of drug-likeness (QED) is 0.741. The second kappa shape index (κ2) is 8.48. The zero-order valence-corrected chi connectivity index (χ0v) is 16.7. The minimum absolute atomic E-state index is 0.0387. The molecule has 2 unspecified atom stereocenters. The van der Waals surface area contributed by atoms with E-state index in [0.29, 0.717) is 17.7 Å². The van der Waals surface area contributed by atoms with Crippen molar-refractivity contribution in [1.29, 1.82) is 0 Å². The van der Waals surface area contributed by atoms with E-state index in [1.165, 1.54) is 10.4 Å². The Labute approximate surface area is 163 Å². The van der Waals surface area contributed by atoms with Crippen LogP contribution in [-0.2, 0) is 17.8 Å². The molecule has 3 N–H and O–H groups in total. The van der Waals surface area contributed by atoms with Crippen LogP contribution in [0, 0.1) is 6.92 Å². The summed E-state index contributed by atoms with van der Waals surface area (Å²) in [6.45, 7) is 6.65. The number of carbonyl (C=O) groups is 1. The number of nitrogens with zero attached hydrogens (tertiary/aromatic N) is 2. The molecule has 7 heteroatoms. The maximum atomic E-state index is 12.3. The topological polar surface area (TPSA) is 71.2 Å². The van der Waals surface area contributed by atoms with Gasteiger partial charge in [0, 0.05) is 48.7 Å². The van der Waals surface area contributed by atoms with Crippen molar-refractivity contribution in [3.05, 3.63) is 50.4 Å². The maximum absolute atomic E-state index is 12.3. The third-order valence-corrected chi connectivity index (χ3v) is 6.05. The number of rotatable bonds is 6. The highest BCUT2D eigenvalue weighted by molar-refractivity contribution is 7.10. The number of aromatic nitrogens is 1. The third kappa shape index (κ3) is 4.82. The summed E-state index contributed by atoms with van der Waals surface area (Å²) in [4.78, 5) is 20.3. The van der Waals surface area contributed by atoms with E-state index >= 15 is 0 Å². The van der Waals surface area contributed by atoms with Gasteiger partial charge in [0.25, 0.3) is 0 Å². The molecule has 140 valence electrons. The number of hydrogen-bond donors (Lipinski definition) is 2. The Hall–Kier alpha value is -1.47. The van der Waals surface area contributed by atoms with Gasteiger partial charge in [-0.1, -0.05) is 11.6 Å². The van der Waals surface area contributed by atoms with Crippen LogP contribution in [0.25, 0.3) is 0 Å². The molecule has 0 bridgehead atoms. The average molecular weight is 393 g/mol. The van der Waals surface area contributed by atoms with Crippen molar-refractivity contribution in [3.8, 4) is 0 Å². The van der Waals surface area contributed by atoms with Crippen LogP contribution in [0.2, 0.25) is 5.15 Å². The van der Waals surface area contributed by atoms with Crippen molar-refractivity contribution < 1.29 is 4.79 Å². The summed E-state index contributed by atoms with van der Waals surface area (Å²) in [5, 5.41) is 5.59. The number of hydrogen-bond acceptors (Lipinski definition) is 5. The number of pyridine rings is 1. The van der Waals surface area contributed by atoms with E-state index in [0.717, 1.165) is 30.8 Å². The van der Waals surface area contributed by atoms with Gasteiger partial charge in [-0.2, -0.15) is 0 Å². The van der Waals surface area contributed by atoms with Gasteiger partial charge in [0.15, 0.2) is 0 Å². The van der Waals surface area contributed by atoms with Gasteiger partial charge in [-0.3, -0.25) is 9.69 Å². The first-order valence-electron chi connectivity index (χ1n) is 8.88. The summed E-state index contributed by atoms with van der Waals surface area (Å²) in [5.74, 6) is -0.0387. The van der Waals surface area contributed by atoms with E-state index < -0.39 is 0 Å². The Bertz CT molecular complexity index is 758. The van der Waals surface area contributed by atoms with Gasteiger partial charge in [-0.15, -0.1) is 11.3 Å². The van der Waals surface area contributed by atoms with Crippen molar-refractivity contribution in [2.75, 3.05) is 13.1 Å². The summed E-state index contributed by atoms with van der Waals surface area (Å²) < 4.78 is 0. The maximum Gasteiger partial charge on any atom is 0.221 e. The first kappa shape index (κ1) is 19.3. The van der Waals surface area contributed by atoms with Crippen LogP contribution in [0.15, 0.2) is 23.6 Å². The van der Waals surface area contributed by atoms with Gasteiger partial charge >= 0.3 is 0 Å². The van der Waals surface area contributed by atoms with E-state index in [1.54, 1.807) is 6.07 Å². The van der Waals surface area contributed by atoms with Gasteiger partial charge < -0.3 is 11.1 Å². The fourth-order valence-electron chi connectivity index (χ4n) is 3.29. The van der Waals surface area contributed by atoms with Crippen LogP contribution in [0.4, 0.5) is 0 Å².